The summed E-state index contributed by atoms with van der Waals surface area (Å²) in [6.45, 7) is 7.89. The molecule has 1 aliphatic heterocycles. The van der Waals surface area contributed by atoms with Crippen LogP contribution in [-0.4, -0.2) is 39.1 Å². The molecule has 1 saturated heterocycles. The average molecular weight is 642 g/mol. The molecular weight excluding hydrogens is 604 g/mol. The van der Waals surface area contributed by atoms with Crippen molar-refractivity contribution in [2.24, 2.45) is 5.41 Å². The summed E-state index contributed by atoms with van der Waals surface area (Å²) in [5.74, 6) is 0. The van der Waals surface area contributed by atoms with Gasteiger partial charge in [0.05, 0.1) is 23.5 Å². The second-order valence-corrected chi connectivity index (χ2v) is 17.9. The van der Waals surface area contributed by atoms with Crippen LogP contribution in [-0.2, 0) is 51.8 Å². The van der Waals surface area contributed by atoms with E-state index in [1.807, 2.05) is 70.2 Å². The van der Waals surface area contributed by atoms with Crippen LogP contribution in [0.1, 0.15) is 44.4 Å². The molecule has 3 aromatic carbocycles. The molecule has 0 spiro atoms. The highest BCUT2D eigenvalue weighted by Crippen LogP contribution is 2.69. The lowest BCUT2D eigenvalue weighted by Gasteiger charge is -2.40. The number of alkyl halides is 1. The van der Waals surface area contributed by atoms with Crippen molar-refractivity contribution in [2.75, 3.05) is 25.7 Å². The Kier molecular flexibility index (Phi) is 8.71. The fraction of sp³-hybridized carbons (Fsp3) is 0.364. The number of hydrogen-bond donors (Lipinski definition) is 0. The van der Waals surface area contributed by atoms with Crippen LogP contribution in [0.25, 0.3) is 22.0 Å². The van der Waals surface area contributed by atoms with E-state index >= 15 is 4.39 Å². The normalized spacial score (nSPS) is 19.4. The van der Waals surface area contributed by atoms with Crippen LogP contribution in [0.5, 0.6) is 0 Å². The number of rotatable bonds is 8. The van der Waals surface area contributed by atoms with Crippen molar-refractivity contribution >= 4 is 40.1 Å². The molecule has 43 heavy (non-hydrogen) atoms. The molecule has 3 unspecified atom stereocenters. The third-order valence-electron chi connectivity index (χ3n) is 8.11. The SMILES string of the molecule is CS(=O)c1ccc(C(F)(Cc2cccc(-c3cc(C(C)(C)S(C)=O)cc4cccnc34)c2)P2(=O)OCC(C)(C)CO2)cc1. The van der Waals surface area contributed by atoms with Crippen molar-refractivity contribution in [3.05, 3.63) is 95.7 Å². The number of pyridine rings is 1. The number of nitrogens with zero attached hydrogens (tertiary/aromatic N) is 1. The van der Waals surface area contributed by atoms with Gasteiger partial charge < -0.3 is 9.05 Å². The summed E-state index contributed by atoms with van der Waals surface area (Å²) in [7, 11) is -6.69. The highest BCUT2D eigenvalue weighted by Gasteiger charge is 2.56. The van der Waals surface area contributed by atoms with Gasteiger partial charge >= 0.3 is 7.60 Å². The van der Waals surface area contributed by atoms with Gasteiger partial charge in [0.2, 0.25) is 5.41 Å². The molecule has 0 amide bonds. The molecule has 0 radical (unpaired) electrons. The molecule has 2 heterocycles. The van der Waals surface area contributed by atoms with E-state index in [1.165, 1.54) is 12.1 Å². The van der Waals surface area contributed by atoms with E-state index in [0.29, 0.717) is 10.5 Å². The van der Waals surface area contributed by atoms with Gasteiger partial charge in [0.25, 0.3) is 0 Å². The second-order valence-electron chi connectivity index (χ2n) is 12.4. The Balaban J connectivity index is 1.62. The Hall–Kier alpha value is -2.55. The number of fused-ring (bicyclic) bond motifs is 1. The lowest BCUT2D eigenvalue weighted by molar-refractivity contribution is 0.0169. The lowest BCUT2D eigenvalue weighted by atomic mass is 9.92. The maximum Gasteiger partial charge on any atom is 0.372 e. The van der Waals surface area contributed by atoms with Gasteiger partial charge in [0.1, 0.15) is 0 Å². The lowest BCUT2D eigenvalue weighted by Crippen LogP contribution is -2.36. The van der Waals surface area contributed by atoms with Crippen molar-refractivity contribution in [3.8, 4) is 11.1 Å². The fourth-order valence-electron chi connectivity index (χ4n) is 5.11. The van der Waals surface area contributed by atoms with Crippen LogP contribution in [0, 0.1) is 5.41 Å². The van der Waals surface area contributed by atoms with Gasteiger partial charge in [-0.3, -0.25) is 18.0 Å². The summed E-state index contributed by atoms with van der Waals surface area (Å²) in [5.41, 5.74) is 3.60. The minimum atomic E-state index is -4.30. The summed E-state index contributed by atoms with van der Waals surface area (Å²) in [4.78, 5) is 5.17. The van der Waals surface area contributed by atoms with Gasteiger partial charge in [-0.2, -0.15) is 0 Å². The van der Waals surface area contributed by atoms with Gasteiger partial charge in [-0.25, -0.2) is 4.39 Å². The first-order valence-electron chi connectivity index (χ1n) is 14.0. The summed E-state index contributed by atoms with van der Waals surface area (Å²) >= 11 is 0. The summed E-state index contributed by atoms with van der Waals surface area (Å²) in [6, 6.07) is 21.5. The van der Waals surface area contributed by atoms with Gasteiger partial charge in [-0.15, -0.1) is 0 Å². The molecule has 228 valence electrons. The third-order valence-corrected chi connectivity index (χ3v) is 12.9. The van der Waals surface area contributed by atoms with E-state index in [9.17, 15) is 13.0 Å². The number of hydrogen-bond acceptors (Lipinski definition) is 6. The highest BCUT2D eigenvalue weighted by atomic mass is 32.2. The van der Waals surface area contributed by atoms with E-state index in [2.05, 4.69) is 4.98 Å². The quantitative estimate of drug-likeness (QED) is 0.182. The van der Waals surface area contributed by atoms with Crippen LogP contribution < -0.4 is 0 Å². The molecule has 6 nitrogen and oxygen atoms in total. The van der Waals surface area contributed by atoms with E-state index in [-0.39, 0.29) is 25.2 Å². The molecule has 4 aromatic rings. The maximum absolute atomic E-state index is 17.5. The first-order valence-corrected chi connectivity index (χ1v) is 18.7. The Morgan fingerprint density at radius 1 is 0.930 bits per heavy atom. The standard InChI is InChI=1S/C33H37FNO5PS2/c1-31(2)21-39-41(36,40-22-31)33(34,26-12-14-28(15-13-26)42(5)37)20-23-9-7-10-24(17-23)29-19-27(32(3,4)43(6)38)18-25-11-8-16-35-30(25)29/h7-19H,20-22H2,1-6H3. The molecule has 0 N–H and O–H groups in total. The number of halogens is 1. The Bertz CT molecular complexity index is 1760. The van der Waals surface area contributed by atoms with Gasteiger partial charge in [-0.1, -0.05) is 56.3 Å². The summed E-state index contributed by atoms with van der Waals surface area (Å²) in [5, 5.41) is -1.60. The van der Waals surface area contributed by atoms with Crippen molar-refractivity contribution in [3.63, 3.8) is 0 Å². The average Bonchev–Trinajstić information content (AvgIpc) is 2.98. The van der Waals surface area contributed by atoms with Crippen LogP contribution in [0.2, 0.25) is 0 Å². The first-order chi connectivity index (χ1) is 20.2. The third kappa shape index (κ3) is 6.20. The van der Waals surface area contributed by atoms with E-state index in [0.717, 1.165) is 27.6 Å². The van der Waals surface area contributed by atoms with Crippen LogP contribution in [0.4, 0.5) is 4.39 Å². The predicted octanol–water partition coefficient (Wildman–Crippen LogP) is 7.88. The Morgan fingerprint density at radius 3 is 2.23 bits per heavy atom. The molecule has 1 aromatic heterocycles. The zero-order chi connectivity index (χ0) is 31.2. The van der Waals surface area contributed by atoms with E-state index < -0.39 is 44.8 Å². The highest BCUT2D eigenvalue weighted by molar-refractivity contribution is 7.85. The van der Waals surface area contributed by atoms with Gasteiger partial charge in [-0.05, 0) is 60.9 Å². The molecule has 3 atom stereocenters. The van der Waals surface area contributed by atoms with E-state index in [1.54, 1.807) is 36.9 Å². The predicted molar refractivity (Wildman–Crippen MR) is 173 cm³/mol. The number of benzene rings is 3. The van der Waals surface area contributed by atoms with E-state index in [4.69, 9.17) is 9.05 Å². The zero-order valence-corrected chi connectivity index (χ0v) is 27.8. The largest absolute Gasteiger partial charge is 0.372 e. The smallest absolute Gasteiger partial charge is 0.305 e. The Morgan fingerprint density at radius 2 is 1.60 bits per heavy atom. The van der Waals surface area contributed by atoms with Gasteiger partial charge in [0, 0.05) is 73.6 Å². The first kappa shape index (κ1) is 31.9. The molecule has 5 rings (SSSR count). The molecule has 10 heteroatoms. The summed E-state index contributed by atoms with van der Waals surface area (Å²) in [6.07, 6.45) is 4.69. The van der Waals surface area contributed by atoms with Crippen molar-refractivity contribution in [1.29, 1.82) is 0 Å². The topological polar surface area (TPSA) is 82.6 Å². The van der Waals surface area contributed by atoms with Crippen molar-refractivity contribution in [2.45, 2.75) is 49.2 Å². The molecular formula is C33H37FNO5PS2. The van der Waals surface area contributed by atoms with Crippen molar-refractivity contribution in [1.82, 2.24) is 4.98 Å². The van der Waals surface area contributed by atoms with Crippen LogP contribution >= 0.6 is 7.60 Å². The minimum absolute atomic E-state index is 0.0894. The Labute approximate surface area is 257 Å². The van der Waals surface area contributed by atoms with Gasteiger partial charge in [0.15, 0.2) is 0 Å². The van der Waals surface area contributed by atoms with Crippen molar-refractivity contribution < 1.29 is 26.4 Å². The van der Waals surface area contributed by atoms with Crippen LogP contribution in [0.15, 0.2) is 83.9 Å². The molecule has 0 aliphatic carbocycles. The van der Waals surface area contributed by atoms with Crippen LogP contribution in [0.3, 0.4) is 0 Å². The molecule has 1 aliphatic rings. The second kappa shape index (κ2) is 11.8. The minimum Gasteiger partial charge on any atom is -0.305 e. The fourth-order valence-corrected chi connectivity index (χ4v) is 8.44. The maximum atomic E-state index is 17.5. The molecule has 0 saturated carbocycles. The molecule has 0 bridgehead atoms. The monoisotopic (exact) mass is 641 g/mol. The zero-order valence-electron chi connectivity index (χ0n) is 25.3. The number of aromatic nitrogens is 1. The summed E-state index contributed by atoms with van der Waals surface area (Å²) < 4.78 is 67.3. The molecule has 1 fully saturated rings.